The van der Waals surface area contributed by atoms with Crippen LogP contribution < -0.4 is 0 Å². The minimum absolute atomic E-state index is 0. The second-order valence-corrected chi connectivity index (χ2v) is 3.40. The van der Waals surface area contributed by atoms with Gasteiger partial charge in [-0.3, -0.25) is 0 Å². The molecule has 2 rings (SSSR count). The van der Waals surface area contributed by atoms with E-state index in [0.29, 0.717) is 5.56 Å². The number of phenols is 1. The minimum Gasteiger partial charge on any atom is -0.508 e. The molecule has 0 amide bonds. The molecular weight excluding hydrogens is 341 g/mol. The van der Waals surface area contributed by atoms with E-state index in [1.165, 1.54) is 12.1 Å². The predicted molar refractivity (Wildman–Crippen MR) is 83.2 cm³/mol. The first-order valence-corrected chi connectivity index (χ1v) is 6.80. The Labute approximate surface area is 151 Å². The van der Waals surface area contributed by atoms with Crippen molar-refractivity contribution in [3.63, 3.8) is 0 Å². The van der Waals surface area contributed by atoms with Crippen molar-refractivity contribution in [1.29, 1.82) is 0 Å². The monoisotopic (exact) mass is 363 g/mol. The SMILES string of the molecule is CC.CC.O=C(O)c1cc(O)ccc1-c1ccccc1.[Y]. The molecule has 0 saturated carbocycles. The summed E-state index contributed by atoms with van der Waals surface area (Å²) in [5.74, 6) is -1.09. The maximum Gasteiger partial charge on any atom is 0.336 e. The van der Waals surface area contributed by atoms with Crippen molar-refractivity contribution in [3.8, 4) is 16.9 Å². The molecule has 1 radical (unpaired) electrons. The van der Waals surface area contributed by atoms with E-state index in [-0.39, 0.29) is 44.0 Å². The molecule has 0 aromatic heterocycles. The molecule has 0 aliphatic carbocycles. The van der Waals surface area contributed by atoms with Crippen molar-refractivity contribution in [1.82, 2.24) is 0 Å². The van der Waals surface area contributed by atoms with Crippen LogP contribution in [-0.2, 0) is 32.7 Å². The van der Waals surface area contributed by atoms with Gasteiger partial charge in [-0.1, -0.05) is 58.0 Å². The summed E-state index contributed by atoms with van der Waals surface area (Å²) in [6.45, 7) is 8.00. The summed E-state index contributed by atoms with van der Waals surface area (Å²) in [6.07, 6.45) is 0. The van der Waals surface area contributed by atoms with E-state index in [4.69, 9.17) is 5.11 Å². The molecule has 4 heteroatoms. The molecule has 0 aliphatic rings. The second-order valence-electron chi connectivity index (χ2n) is 3.40. The van der Waals surface area contributed by atoms with Crippen LogP contribution in [0.25, 0.3) is 11.1 Å². The summed E-state index contributed by atoms with van der Waals surface area (Å²) >= 11 is 0. The summed E-state index contributed by atoms with van der Waals surface area (Å²) in [5, 5.41) is 18.3. The largest absolute Gasteiger partial charge is 0.508 e. The van der Waals surface area contributed by atoms with Crippen LogP contribution in [0.2, 0.25) is 0 Å². The molecule has 111 valence electrons. The number of carboxylic acids is 1. The van der Waals surface area contributed by atoms with Gasteiger partial charge in [-0.15, -0.1) is 0 Å². The first-order valence-electron chi connectivity index (χ1n) is 6.80. The van der Waals surface area contributed by atoms with E-state index in [9.17, 15) is 9.90 Å². The van der Waals surface area contributed by atoms with Crippen LogP contribution in [0.3, 0.4) is 0 Å². The number of aromatic carboxylic acids is 1. The standard InChI is InChI=1S/C13H10O3.2C2H6.Y/c14-10-6-7-11(12(8-10)13(15)16)9-4-2-1-3-5-9;2*1-2;/h1-8,14H,(H,15,16);2*1-2H3;. The Hall–Kier alpha value is -1.19. The van der Waals surface area contributed by atoms with Crippen molar-refractivity contribution in [2.75, 3.05) is 0 Å². The molecule has 0 heterocycles. The van der Waals surface area contributed by atoms with Gasteiger partial charge in [-0.05, 0) is 29.3 Å². The third-order valence-electron chi connectivity index (χ3n) is 2.32. The number of benzene rings is 2. The summed E-state index contributed by atoms with van der Waals surface area (Å²) in [4.78, 5) is 11.0. The van der Waals surface area contributed by atoms with Crippen molar-refractivity contribution in [2.24, 2.45) is 0 Å². The van der Waals surface area contributed by atoms with Gasteiger partial charge in [0, 0.05) is 32.7 Å². The van der Waals surface area contributed by atoms with Crippen LogP contribution in [0.5, 0.6) is 5.75 Å². The van der Waals surface area contributed by atoms with Crippen molar-refractivity contribution < 1.29 is 47.7 Å². The molecule has 0 bridgehead atoms. The molecular formula is C17H22O3Y. The van der Waals surface area contributed by atoms with Crippen LogP contribution in [-0.4, -0.2) is 16.2 Å². The van der Waals surface area contributed by atoms with E-state index in [1.807, 2.05) is 58.0 Å². The van der Waals surface area contributed by atoms with Crippen LogP contribution in [0, 0.1) is 0 Å². The van der Waals surface area contributed by atoms with Gasteiger partial charge in [-0.2, -0.15) is 0 Å². The smallest absolute Gasteiger partial charge is 0.336 e. The third-order valence-corrected chi connectivity index (χ3v) is 2.32. The van der Waals surface area contributed by atoms with Gasteiger partial charge >= 0.3 is 5.97 Å². The maximum atomic E-state index is 11.0. The first kappa shape index (κ1) is 22.1. The van der Waals surface area contributed by atoms with E-state index >= 15 is 0 Å². The van der Waals surface area contributed by atoms with Crippen molar-refractivity contribution in [2.45, 2.75) is 27.7 Å². The van der Waals surface area contributed by atoms with Crippen LogP contribution >= 0.6 is 0 Å². The third kappa shape index (κ3) is 6.88. The number of carboxylic acid groups (broad SMARTS) is 1. The second kappa shape index (κ2) is 12.5. The number of carbonyl (C=O) groups is 1. The Balaban J connectivity index is 0. The first-order chi connectivity index (χ1) is 9.68. The average molecular weight is 363 g/mol. The fraction of sp³-hybridized carbons (Fsp3) is 0.235. The fourth-order valence-corrected chi connectivity index (χ4v) is 1.58. The summed E-state index contributed by atoms with van der Waals surface area (Å²) in [5.41, 5.74) is 1.53. The van der Waals surface area contributed by atoms with E-state index in [2.05, 4.69) is 0 Å². The number of aromatic hydroxyl groups is 1. The quantitative estimate of drug-likeness (QED) is 0.805. The summed E-state index contributed by atoms with van der Waals surface area (Å²) in [7, 11) is 0. The number of hydrogen-bond acceptors (Lipinski definition) is 2. The molecule has 2 aromatic rings. The zero-order chi connectivity index (χ0) is 15.5. The number of rotatable bonds is 2. The van der Waals surface area contributed by atoms with Gasteiger partial charge in [-0.25, -0.2) is 4.79 Å². The number of hydrogen-bond donors (Lipinski definition) is 2. The summed E-state index contributed by atoms with van der Waals surface area (Å²) in [6, 6.07) is 13.6. The average Bonchev–Trinajstić information content (AvgIpc) is 2.52. The molecule has 0 spiro atoms. The maximum absolute atomic E-state index is 11.0. The van der Waals surface area contributed by atoms with Crippen LogP contribution in [0.1, 0.15) is 38.1 Å². The number of phenolic OH excluding ortho intramolecular Hbond substituents is 1. The van der Waals surface area contributed by atoms with E-state index in [0.717, 1.165) is 5.56 Å². The van der Waals surface area contributed by atoms with Gasteiger partial charge in [0.25, 0.3) is 0 Å². The minimum atomic E-state index is -1.05. The Morgan fingerprint density at radius 1 is 0.905 bits per heavy atom. The Morgan fingerprint density at radius 3 is 1.90 bits per heavy atom. The predicted octanol–water partition coefficient (Wildman–Crippen LogP) is 4.81. The Bertz CT molecular complexity index is 525. The van der Waals surface area contributed by atoms with E-state index < -0.39 is 5.97 Å². The fourth-order valence-electron chi connectivity index (χ4n) is 1.58. The van der Waals surface area contributed by atoms with Crippen molar-refractivity contribution in [3.05, 3.63) is 54.1 Å². The zero-order valence-corrected chi connectivity index (χ0v) is 15.8. The topological polar surface area (TPSA) is 57.5 Å². The van der Waals surface area contributed by atoms with Crippen molar-refractivity contribution >= 4 is 5.97 Å². The molecule has 0 fully saturated rings. The molecule has 21 heavy (non-hydrogen) atoms. The summed E-state index contributed by atoms with van der Waals surface area (Å²) < 4.78 is 0. The normalized spacial score (nSPS) is 8.19. The molecule has 0 aliphatic heterocycles. The molecule has 0 saturated heterocycles. The molecule has 0 unspecified atom stereocenters. The van der Waals surface area contributed by atoms with Gasteiger partial charge in [0.15, 0.2) is 0 Å². The van der Waals surface area contributed by atoms with Gasteiger partial charge < -0.3 is 10.2 Å². The molecule has 2 aromatic carbocycles. The Kier molecular flexibility index (Phi) is 13.2. The van der Waals surface area contributed by atoms with Gasteiger partial charge in [0.05, 0.1) is 5.56 Å². The molecule has 2 N–H and O–H groups in total. The zero-order valence-electron chi connectivity index (χ0n) is 13.0. The Morgan fingerprint density at radius 2 is 1.43 bits per heavy atom. The van der Waals surface area contributed by atoms with Crippen LogP contribution in [0.4, 0.5) is 0 Å². The molecule has 0 atom stereocenters. The van der Waals surface area contributed by atoms with E-state index in [1.54, 1.807) is 6.07 Å². The molecule has 3 nitrogen and oxygen atoms in total. The van der Waals surface area contributed by atoms with Gasteiger partial charge in [0.1, 0.15) is 5.75 Å². The van der Waals surface area contributed by atoms with Gasteiger partial charge in [0.2, 0.25) is 0 Å². The van der Waals surface area contributed by atoms with Crippen LogP contribution in [0.15, 0.2) is 48.5 Å².